The molecular formula is C18H21FN2O3S2. The van der Waals surface area contributed by atoms with Crippen molar-refractivity contribution in [1.29, 1.82) is 0 Å². The zero-order valence-electron chi connectivity index (χ0n) is 14.5. The van der Waals surface area contributed by atoms with E-state index in [9.17, 15) is 17.6 Å². The van der Waals surface area contributed by atoms with Gasteiger partial charge in [-0.2, -0.15) is 0 Å². The highest BCUT2D eigenvalue weighted by Crippen LogP contribution is 2.32. The number of benzene rings is 1. The smallest absolute Gasteiger partial charge is 0.226 e. The van der Waals surface area contributed by atoms with Crippen molar-refractivity contribution in [3.05, 3.63) is 40.7 Å². The van der Waals surface area contributed by atoms with Gasteiger partial charge in [0.15, 0.2) is 15.0 Å². The van der Waals surface area contributed by atoms with E-state index in [4.69, 9.17) is 0 Å². The maximum absolute atomic E-state index is 12.9. The number of sulfone groups is 1. The maximum Gasteiger partial charge on any atom is 0.226 e. The van der Waals surface area contributed by atoms with Crippen molar-refractivity contribution in [2.45, 2.75) is 43.9 Å². The SMILES string of the molecule is C[C@@H]1CCc2nc(NC(=O)CCCS(=O)(=O)c3ccc(F)cc3)sc2C1. The van der Waals surface area contributed by atoms with E-state index in [1.807, 2.05) is 0 Å². The number of aryl methyl sites for hydroxylation is 1. The van der Waals surface area contributed by atoms with Gasteiger partial charge in [0, 0.05) is 11.3 Å². The number of thiazole rings is 1. The van der Waals surface area contributed by atoms with Gasteiger partial charge in [0.25, 0.3) is 0 Å². The minimum Gasteiger partial charge on any atom is -0.302 e. The second-order valence-electron chi connectivity index (χ2n) is 6.66. The highest BCUT2D eigenvalue weighted by Gasteiger charge is 2.21. The number of carbonyl (C=O) groups excluding carboxylic acids is 1. The first-order chi connectivity index (χ1) is 12.3. The molecule has 0 fully saturated rings. The fourth-order valence-corrected chi connectivity index (χ4v) is 5.46. The molecular weight excluding hydrogens is 375 g/mol. The molecule has 0 radical (unpaired) electrons. The van der Waals surface area contributed by atoms with Crippen LogP contribution in [0.15, 0.2) is 29.2 Å². The largest absolute Gasteiger partial charge is 0.302 e. The summed E-state index contributed by atoms with van der Waals surface area (Å²) in [5.41, 5.74) is 1.07. The summed E-state index contributed by atoms with van der Waals surface area (Å²) >= 11 is 1.51. The van der Waals surface area contributed by atoms with Gasteiger partial charge in [0.1, 0.15) is 5.82 Å². The first kappa shape index (κ1) is 19.0. The van der Waals surface area contributed by atoms with E-state index in [1.165, 1.54) is 28.3 Å². The number of halogens is 1. The van der Waals surface area contributed by atoms with E-state index in [0.717, 1.165) is 37.1 Å². The molecule has 1 aliphatic rings. The molecule has 1 aromatic carbocycles. The topological polar surface area (TPSA) is 76.1 Å². The minimum atomic E-state index is -3.51. The molecule has 0 bridgehead atoms. The van der Waals surface area contributed by atoms with Crippen molar-refractivity contribution < 1.29 is 17.6 Å². The summed E-state index contributed by atoms with van der Waals surface area (Å²) in [4.78, 5) is 17.8. The van der Waals surface area contributed by atoms with E-state index in [0.29, 0.717) is 11.0 Å². The molecule has 1 aromatic heterocycles. The maximum atomic E-state index is 12.9. The van der Waals surface area contributed by atoms with Gasteiger partial charge in [-0.1, -0.05) is 6.92 Å². The standard InChI is InChI=1S/C18H21FN2O3S2/c1-12-4-9-15-16(11-12)25-18(20-15)21-17(22)3-2-10-26(23,24)14-7-5-13(19)6-8-14/h5-8,12H,2-4,9-11H2,1H3,(H,20,21,22)/t12-/m1/s1. The van der Waals surface area contributed by atoms with Gasteiger partial charge in [-0.25, -0.2) is 17.8 Å². The highest BCUT2D eigenvalue weighted by molar-refractivity contribution is 7.91. The summed E-state index contributed by atoms with van der Waals surface area (Å²) in [6, 6.07) is 4.72. The van der Waals surface area contributed by atoms with Crippen LogP contribution >= 0.6 is 11.3 Å². The quantitative estimate of drug-likeness (QED) is 0.757. The number of hydrogen-bond donors (Lipinski definition) is 1. The van der Waals surface area contributed by atoms with Crippen LogP contribution in [0.5, 0.6) is 0 Å². The number of amides is 1. The van der Waals surface area contributed by atoms with Crippen molar-refractivity contribution in [1.82, 2.24) is 4.98 Å². The molecule has 1 amide bonds. The van der Waals surface area contributed by atoms with E-state index in [-0.39, 0.29) is 29.4 Å². The Kier molecular flexibility index (Phi) is 5.72. The van der Waals surface area contributed by atoms with Crippen LogP contribution in [0.2, 0.25) is 0 Å². The Hall–Kier alpha value is -1.80. The average molecular weight is 397 g/mol. The molecule has 0 unspecified atom stereocenters. The Morgan fingerprint density at radius 2 is 2.08 bits per heavy atom. The lowest BCUT2D eigenvalue weighted by Gasteiger charge is -2.15. The van der Waals surface area contributed by atoms with Crippen LogP contribution in [0, 0.1) is 11.7 Å². The van der Waals surface area contributed by atoms with E-state index < -0.39 is 15.7 Å². The number of anilines is 1. The van der Waals surface area contributed by atoms with E-state index >= 15 is 0 Å². The summed E-state index contributed by atoms with van der Waals surface area (Å²) in [5.74, 6) is -0.233. The Morgan fingerprint density at radius 3 is 2.81 bits per heavy atom. The number of rotatable bonds is 6. The summed E-state index contributed by atoms with van der Waals surface area (Å²) in [6.07, 6.45) is 3.36. The van der Waals surface area contributed by atoms with E-state index in [1.54, 1.807) is 0 Å². The first-order valence-corrected chi connectivity index (χ1v) is 11.1. The van der Waals surface area contributed by atoms with Crippen LogP contribution in [0.25, 0.3) is 0 Å². The van der Waals surface area contributed by atoms with Crippen LogP contribution in [0.1, 0.15) is 36.8 Å². The van der Waals surface area contributed by atoms with Gasteiger partial charge in [0.05, 0.1) is 16.3 Å². The van der Waals surface area contributed by atoms with Crippen molar-refractivity contribution in [2.24, 2.45) is 5.92 Å². The number of fused-ring (bicyclic) bond motifs is 1. The second-order valence-corrected chi connectivity index (χ2v) is 9.85. The third-order valence-corrected chi connectivity index (χ3v) is 7.27. The Bertz CT molecular complexity index is 892. The normalized spacial score (nSPS) is 16.9. The van der Waals surface area contributed by atoms with Crippen molar-refractivity contribution >= 4 is 32.2 Å². The third kappa shape index (κ3) is 4.67. The fraction of sp³-hybridized carbons (Fsp3) is 0.444. The van der Waals surface area contributed by atoms with Crippen molar-refractivity contribution in [3.8, 4) is 0 Å². The minimum absolute atomic E-state index is 0.0704. The molecule has 0 saturated carbocycles. The lowest BCUT2D eigenvalue weighted by Crippen LogP contribution is -2.14. The molecule has 2 aromatic rings. The molecule has 3 rings (SSSR count). The fourth-order valence-electron chi connectivity index (χ4n) is 2.96. The van der Waals surface area contributed by atoms with E-state index in [2.05, 4.69) is 17.2 Å². The third-order valence-electron chi connectivity index (χ3n) is 4.42. The van der Waals surface area contributed by atoms with Crippen LogP contribution in [0.3, 0.4) is 0 Å². The highest BCUT2D eigenvalue weighted by atomic mass is 32.2. The number of aromatic nitrogens is 1. The van der Waals surface area contributed by atoms with Gasteiger partial charge >= 0.3 is 0 Å². The lowest BCUT2D eigenvalue weighted by molar-refractivity contribution is -0.116. The molecule has 0 aliphatic heterocycles. The first-order valence-electron chi connectivity index (χ1n) is 8.60. The lowest BCUT2D eigenvalue weighted by atomic mass is 9.93. The number of hydrogen-bond acceptors (Lipinski definition) is 5. The molecule has 1 atom stereocenters. The number of nitrogens with zero attached hydrogens (tertiary/aromatic N) is 1. The summed E-state index contributed by atoms with van der Waals surface area (Å²) in [5, 5.41) is 3.36. The molecule has 5 nitrogen and oxygen atoms in total. The molecule has 8 heteroatoms. The zero-order chi connectivity index (χ0) is 18.7. The molecule has 26 heavy (non-hydrogen) atoms. The van der Waals surface area contributed by atoms with Crippen LogP contribution in [-0.4, -0.2) is 25.1 Å². The summed E-state index contributed by atoms with van der Waals surface area (Å²) in [6.45, 7) is 2.21. The number of carbonyl (C=O) groups is 1. The molecule has 1 heterocycles. The van der Waals surface area contributed by atoms with Gasteiger partial charge in [-0.05, 0) is 55.9 Å². The van der Waals surface area contributed by atoms with Crippen molar-refractivity contribution in [3.63, 3.8) is 0 Å². The molecule has 0 saturated heterocycles. The van der Waals surface area contributed by atoms with Crippen LogP contribution < -0.4 is 5.32 Å². The summed E-state index contributed by atoms with van der Waals surface area (Å²) < 4.78 is 37.3. The second kappa shape index (κ2) is 7.84. The Labute approximate surface area is 156 Å². The molecule has 1 N–H and O–H groups in total. The van der Waals surface area contributed by atoms with Gasteiger partial charge < -0.3 is 5.32 Å². The average Bonchev–Trinajstić information content (AvgIpc) is 2.96. The zero-order valence-corrected chi connectivity index (χ0v) is 16.1. The van der Waals surface area contributed by atoms with Gasteiger partial charge in [-0.3, -0.25) is 4.79 Å². The van der Waals surface area contributed by atoms with Gasteiger partial charge in [0.2, 0.25) is 5.91 Å². The van der Waals surface area contributed by atoms with Gasteiger partial charge in [-0.15, -0.1) is 11.3 Å². The molecule has 1 aliphatic carbocycles. The Morgan fingerprint density at radius 1 is 1.35 bits per heavy atom. The Balaban J connectivity index is 1.51. The summed E-state index contributed by atoms with van der Waals surface area (Å²) in [7, 11) is -3.51. The number of nitrogens with one attached hydrogen (secondary N) is 1. The monoisotopic (exact) mass is 396 g/mol. The molecule has 140 valence electrons. The van der Waals surface area contributed by atoms with Crippen LogP contribution in [0.4, 0.5) is 9.52 Å². The predicted molar refractivity (Wildman–Crippen MR) is 99.6 cm³/mol. The van der Waals surface area contributed by atoms with Crippen LogP contribution in [-0.2, 0) is 27.5 Å². The predicted octanol–water partition coefficient (Wildman–Crippen LogP) is 3.60. The van der Waals surface area contributed by atoms with Crippen molar-refractivity contribution in [2.75, 3.05) is 11.1 Å². The molecule has 0 spiro atoms.